The van der Waals surface area contributed by atoms with E-state index in [1.165, 1.54) is 11.1 Å². The Kier molecular flexibility index (Phi) is 4.42. The molecule has 2 aromatic rings. The van der Waals surface area contributed by atoms with Gasteiger partial charge in [0.15, 0.2) is 0 Å². The number of nitrogens with zero attached hydrogens (tertiary/aromatic N) is 2. The van der Waals surface area contributed by atoms with Gasteiger partial charge in [0.1, 0.15) is 0 Å². The molecule has 3 rings (SSSR count). The van der Waals surface area contributed by atoms with Gasteiger partial charge in [0, 0.05) is 19.8 Å². The summed E-state index contributed by atoms with van der Waals surface area (Å²) < 4.78 is 1.77. The zero-order valence-electron chi connectivity index (χ0n) is 12.9. The highest BCUT2D eigenvalue weighted by Crippen LogP contribution is 2.29. The lowest BCUT2D eigenvalue weighted by Gasteiger charge is -2.26. The number of nitrogens with one attached hydrogen (secondary N) is 2. The normalized spacial score (nSPS) is 16.9. The Balaban J connectivity index is 1.50. The predicted molar refractivity (Wildman–Crippen MR) is 85.6 cm³/mol. The number of carbonyl (C=O) groups is 1. The second kappa shape index (κ2) is 6.64. The second-order valence-corrected chi connectivity index (χ2v) is 5.82. The zero-order chi connectivity index (χ0) is 15.4. The summed E-state index contributed by atoms with van der Waals surface area (Å²) in [6.45, 7) is 0.617. The molecule has 0 saturated carbocycles. The van der Waals surface area contributed by atoms with Gasteiger partial charge in [0.2, 0.25) is 0 Å². The number of aryl methyl sites for hydroxylation is 2. The molecule has 0 aliphatic heterocycles. The molecule has 0 spiro atoms. The average molecular weight is 298 g/mol. The van der Waals surface area contributed by atoms with Crippen molar-refractivity contribution in [3.8, 4) is 0 Å². The van der Waals surface area contributed by atoms with Gasteiger partial charge in [-0.3, -0.25) is 4.68 Å². The number of hydrogen-bond donors (Lipinski definition) is 2. The van der Waals surface area contributed by atoms with E-state index < -0.39 is 0 Å². The van der Waals surface area contributed by atoms with Crippen molar-refractivity contribution in [1.82, 2.24) is 20.4 Å². The maximum Gasteiger partial charge on any atom is 0.315 e. The smallest absolute Gasteiger partial charge is 0.315 e. The molecule has 5 heteroatoms. The molecule has 1 aromatic carbocycles. The summed E-state index contributed by atoms with van der Waals surface area (Å²) in [4.78, 5) is 12.1. The van der Waals surface area contributed by atoms with Crippen molar-refractivity contribution in [2.45, 2.75) is 31.7 Å². The van der Waals surface area contributed by atoms with E-state index in [1.807, 2.05) is 25.5 Å². The Hall–Kier alpha value is -2.30. The van der Waals surface area contributed by atoms with Crippen LogP contribution in [0.15, 0.2) is 36.7 Å². The summed E-state index contributed by atoms with van der Waals surface area (Å²) >= 11 is 0. The summed E-state index contributed by atoms with van der Waals surface area (Å²) in [7, 11) is 1.89. The third-order valence-corrected chi connectivity index (χ3v) is 4.13. The van der Waals surface area contributed by atoms with Gasteiger partial charge in [-0.1, -0.05) is 24.3 Å². The van der Waals surface area contributed by atoms with E-state index in [1.54, 1.807) is 4.68 Å². The number of fused-ring (bicyclic) bond motifs is 1. The minimum atomic E-state index is -0.0920. The van der Waals surface area contributed by atoms with Crippen LogP contribution in [-0.2, 0) is 19.9 Å². The van der Waals surface area contributed by atoms with Crippen molar-refractivity contribution in [3.63, 3.8) is 0 Å². The largest absolute Gasteiger partial charge is 0.338 e. The van der Waals surface area contributed by atoms with Gasteiger partial charge in [-0.15, -0.1) is 0 Å². The van der Waals surface area contributed by atoms with Crippen LogP contribution in [0.25, 0.3) is 0 Å². The average Bonchev–Trinajstić information content (AvgIpc) is 2.93. The highest BCUT2D eigenvalue weighted by Gasteiger charge is 2.20. The molecule has 1 heterocycles. The quantitative estimate of drug-likeness (QED) is 0.910. The maximum atomic E-state index is 12.1. The minimum Gasteiger partial charge on any atom is -0.338 e. The first-order chi connectivity index (χ1) is 10.7. The second-order valence-electron chi connectivity index (χ2n) is 5.82. The van der Waals surface area contributed by atoms with Crippen LogP contribution in [0.3, 0.4) is 0 Å². The van der Waals surface area contributed by atoms with E-state index in [2.05, 4.69) is 33.9 Å². The van der Waals surface area contributed by atoms with Gasteiger partial charge in [-0.05, 0) is 42.4 Å². The van der Waals surface area contributed by atoms with E-state index in [0.29, 0.717) is 6.54 Å². The van der Waals surface area contributed by atoms with Crippen LogP contribution >= 0.6 is 0 Å². The van der Waals surface area contributed by atoms with E-state index >= 15 is 0 Å². The minimum absolute atomic E-state index is 0.0920. The maximum absolute atomic E-state index is 12.1. The molecule has 116 valence electrons. The lowest BCUT2D eigenvalue weighted by atomic mass is 9.88. The summed E-state index contributed by atoms with van der Waals surface area (Å²) in [5, 5.41) is 10.1. The Morgan fingerprint density at radius 2 is 2.27 bits per heavy atom. The summed E-state index contributed by atoms with van der Waals surface area (Å²) in [5.41, 5.74) is 3.75. The Morgan fingerprint density at radius 3 is 3.09 bits per heavy atom. The molecule has 22 heavy (non-hydrogen) atoms. The summed E-state index contributed by atoms with van der Waals surface area (Å²) in [6, 6.07) is 8.42. The highest BCUT2D eigenvalue weighted by atomic mass is 16.2. The third kappa shape index (κ3) is 3.47. The van der Waals surface area contributed by atoms with Gasteiger partial charge >= 0.3 is 6.03 Å². The topological polar surface area (TPSA) is 59.0 Å². The van der Waals surface area contributed by atoms with Crippen LogP contribution in [0.4, 0.5) is 4.79 Å². The SMILES string of the molecule is Cn1cc(CCNC(=O)NC2CCCc3ccccc32)cn1. The van der Waals surface area contributed by atoms with Crippen molar-refractivity contribution in [3.05, 3.63) is 53.3 Å². The standard InChI is InChI=1S/C17H22N4O/c1-21-12-13(11-19-21)9-10-18-17(22)20-16-8-4-6-14-5-2-3-7-15(14)16/h2-3,5,7,11-12,16H,4,6,8-10H2,1H3,(H2,18,20,22). The fraction of sp³-hybridized carbons (Fsp3) is 0.412. The fourth-order valence-electron chi connectivity index (χ4n) is 3.03. The first kappa shape index (κ1) is 14.6. The molecule has 1 atom stereocenters. The van der Waals surface area contributed by atoms with Gasteiger partial charge < -0.3 is 10.6 Å². The number of aromatic nitrogens is 2. The molecule has 2 N–H and O–H groups in total. The molecule has 1 aliphatic rings. The van der Waals surface area contributed by atoms with Crippen LogP contribution in [0.1, 0.15) is 35.6 Å². The summed E-state index contributed by atoms with van der Waals surface area (Å²) in [6.07, 6.45) is 7.83. The molecule has 0 fully saturated rings. The lowest BCUT2D eigenvalue weighted by Crippen LogP contribution is -2.39. The van der Waals surface area contributed by atoms with Crippen molar-refractivity contribution >= 4 is 6.03 Å². The van der Waals surface area contributed by atoms with Crippen LogP contribution < -0.4 is 10.6 Å². The Morgan fingerprint density at radius 1 is 1.41 bits per heavy atom. The van der Waals surface area contributed by atoms with Gasteiger partial charge in [-0.2, -0.15) is 5.10 Å². The molecule has 2 amide bonds. The van der Waals surface area contributed by atoms with Crippen LogP contribution in [0, 0.1) is 0 Å². The number of carbonyl (C=O) groups excluding carboxylic acids is 1. The van der Waals surface area contributed by atoms with Gasteiger partial charge in [0.05, 0.1) is 12.2 Å². The van der Waals surface area contributed by atoms with Gasteiger partial charge in [0.25, 0.3) is 0 Å². The number of rotatable bonds is 4. The number of benzene rings is 1. The zero-order valence-corrected chi connectivity index (χ0v) is 12.9. The van der Waals surface area contributed by atoms with E-state index in [-0.39, 0.29) is 12.1 Å². The molecule has 1 aliphatic carbocycles. The highest BCUT2D eigenvalue weighted by molar-refractivity contribution is 5.74. The fourth-order valence-corrected chi connectivity index (χ4v) is 3.03. The molecule has 1 unspecified atom stereocenters. The summed E-state index contributed by atoms with van der Waals surface area (Å²) in [5.74, 6) is 0. The molecule has 5 nitrogen and oxygen atoms in total. The first-order valence-electron chi connectivity index (χ1n) is 7.82. The Labute approximate surface area is 130 Å². The molecule has 1 aromatic heterocycles. The Bertz CT molecular complexity index is 650. The van der Waals surface area contributed by atoms with Crippen LogP contribution in [-0.4, -0.2) is 22.4 Å². The predicted octanol–water partition coefficient (Wildman–Crippen LogP) is 2.34. The van der Waals surface area contributed by atoms with E-state index in [0.717, 1.165) is 31.2 Å². The van der Waals surface area contributed by atoms with Gasteiger partial charge in [-0.25, -0.2) is 4.79 Å². The van der Waals surface area contributed by atoms with Crippen molar-refractivity contribution in [2.75, 3.05) is 6.54 Å². The van der Waals surface area contributed by atoms with Crippen molar-refractivity contribution < 1.29 is 4.79 Å². The monoisotopic (exact) mass is 298 g/mol. The molecule has 0 bridgehead atoms. The van der Waals surface area contributed by atoms with Crippen LogP contribution in [0.5, 0.6) is 0 Å². The molecule has 0 saturated heterocycles. The van der Waals surface area contributed by atoms with E-state index in [4.69, 9.17) is 0 Å². The number of amides is 2. The first-order valence-corrected chi connectivity index (χ1v) is 7.82. The molecular weight excluding hydrogens is 276 g/mol. The van der Waals surface area contributed by atoms with Crippen molar-refractivity contribution in [2.24, 2.45) is 7.05 Å². The molecular formula is C17H22N4O. The van der Waals surface area contributed by atoms with Crippen molar-refractivity contribution in [1.29, 1.82) is 0 Å². The van der Waals surface area contributed by atoms with Crippen LogP contribution in [0.2, 0.25) is 0 Å². The number of urea groups is 1. The molecule has 0 radical (unpaired) electrons. The lowest BCUT2D eigenvalue weighted by molar-refractivity contribution is 0.235. The number of hydrogen-bond acceptors (Lipinski definition) is 2. The van der Waals surface area contributed by atoms with E-state index in [9.17, 15) is 4.79 Å². The third-order valence-electron chi connectivity index (χ3n) is 4.13.